The number of halogens is 1. The molecular weight excluding hydrogens is 263 g/mol. The summed E-state index contributed by atoms with van der Waals surface area (Å²) in [7, 11) is 0. The fraction of sp³-hybridized carbons (Fsp3) is 0.357. The van der Waals surface area contributed by atoms with Crippen molar-refractivity contribution < 1.29 is 18.7 Å². The Hall–Kier alpha value is -2.24. The van der Waals surface area contributed by atoms with Crippen LogP contribution in [-0.4, -0.2) is 21.3 Å². The van der Waals surface area contributed by atoms with E-state index in [1.807, 2.05) is 0 Å². The van der Waals surface area contributed by atoms with Gasteiger partial charge in [0.05, 0.1) is 0 Å². The first-order chi connectivity index (χ1) is 9.56. The van der Waals surface area contributed by atoms with E-state index in [1.54, 1.807) is 19.1 Å². The SMILES string of the molecule is Cc1ccc(-c2nnc(CCCCC(=O)O)o2)cc1F. The summed E-state index contributed by atoms with van der Waals surface area (Å²) in [5.74, 6) is -0.418. The van der Waals surface area contributed by atoms with Crippen molar-refractivity contribution in [2.24, 2.45) is 0 Å². The van der Waals surface area contributed by atoms with Gasteiger partial charge < -0.3 is 9.52 Å². The molecule has 0 aliphatic rings. The van der Waals surface area contributed by atoms with Gasteiger partial charge in [-0.3, -0.25) is 4.79 Å². The number of carbonyl (C=O) groups is 1. The molecule has 0 saturated heterocycles. The molecule has 0 radical (unpaired) electrons. The highest BCUT2D eigenvalue weighted by atomic mass is 19.1. The molecule has 1 N–H and O–H groups in total. The van der Waals surface area contributed by atoms with Gasteiger partial charge in [-0.15, -0.1) is 10.2 Å². The van der Waals surface area contributed by atoms with E-state index in [9.17, 15) is 9.18 Å². The second-order valence-electron chi connectivity index (χ2n) is 4.57. The summed E-state index contributed by atoms with van der Waals surface area (Å²) in [5, 5.41) is 16.3. The van der Waals surface area contributed by atoms with Crippen molar-refractivity contribution in [1.82, 2.24) is 10.2 Å². The fourth-order valence-corrected chi connectivity index (χ4v) is 1.75. The van der Waals surface area contributed by atoms with Crippen LogP contribution in [0.15, 0.2) is 22.6 Å². The Labute approximate surface area is 115 Å². The predicted molar refractivity (Wildman–Crippen MR) is 69.6 cm³/mol. The molecule has 6 heteroatoms. The Morgan fingerprint density at radius 1 is 1.35 bits per heavy atom. The molecule has 0 spiro atoms. The van der Waals surface area contributed by atoms with Gasteiger partial charge in [0, 0.05) is 18.4 Å². The van der Waals surface area contributed by atoms with Crippen molar-refractivity contribution in [2.45, 2.75) is 32.6 Å². The molecule has 20 heavy (non-hydrogen) atoms. The van der Waals surface area contributed by atoms with Crippen molar-refractivity contribution in [3.63, 3.8) is 0 Å². The number of hydrogen-bond donors (Lipinski definition) is 1. The van der Waals surface area contributed by atoms with Gasteiger partial charge in [-0.2, -0.15) is 0 Å². The van der Waals surface area contributed by atoms with Gasteiger partial charge in [0.15, 0.2) is 0 Å². The minimum Gasteiger partial charge on any atom is -0.481 e. The van der Waals surface area contributed by atoms with E-state index in [0.29, 0.717) is 36.3 Å². The molecule has 1 aromatic heterocycles. The lowest BCUT2D eigenvalue weighted by molar-refractivity contribution is -0.137. The highest BCUT2D eigenvalue weighted by Crippen LogP contribution is 2.21. The minimum atomic E-state index is -0.814. The third kappa shape index (κ3) is 3.63. The highest BCUT2D eigenvalue weighted by molar-refractivity contribution is 5.66. The van der Waals surface area contributed by atoms with Crippen LogP contribution in [0.5, 0.6) is 0 Å². The van der Waals surface area contributed by atoms with Crippen molar-refractivity contribution in [2.75, 3.05) is 0 Å². The zero-order chi connectivity index (χ0) is 14.5. The molecule has 0 unspecified atom stereocenters. The molecule has 0 bridgehead atoms. The number of unbranched alkanes of at least 4 members (excludes halogenated alkanes) is 1. The van der Waals surface area contributed by atoms with Crippen LogP contribution in [0.4, 0.5) is 4.39 Å². The van der Waals surface area contributed by atoms with Crippen LogP contribution in [0.25, 0.3) is 11.5 Å². The third-order valence-corrected chi connectivity index (χ3v) is 2.92. The Morgan fingerprint density at radius 3 is 2.85 bits per heavy atom. The molecule has 0 saturated carbocycles. The molecule has 2 aromatic rings. The summed E-state index contributed by atoms with van der Waals surface area (Å²) in [6.07, 6.45) is 1.88. The van der Waals surface area contributed by atoms with Gasteiger partial charge in [-0.1, -0.05) is 6.07 Å². The molecule has 1 heterocycles. The molecule has 0 fully saturated rings. The number of benzene rings is 1. The van der Waals surface area contributed by atoms with E-state index in [4.69, 9.17) is 9.52 Å². The number of aliphatic carboxylic acids is 1. The van der Waals surface area contributed by atoms with Crippen LogP contribution in [0.2, 0.25) is 0 Å². The van der Waals surface area contributed by atoms with Gasteiger partial charge in [0.1, 0.15) is 5.82 Å². The molecular formula is C14H15FN2O3. The van der Waals surface area contributed by atoms with Crippen LogP contribution in [0.1, 0.15) is 30.7 Å². The maximum Gasteiger partial charge on any atom is 0.303 e. The summed E-state index contributed by atoms with van der Waals surface area (Å²) in [5.41, 5.74) is 1.10. The molecule has 2 rings (SSSR count). The number of carboxylic acid groups (broad SMARTS) is 1. The summed E-state index contributed by atoms with van der Waals surface area (Å²) in [6.45, 7) is 1.68. The van der Waals surface area contributed by atoms with Crippen LogP contribution in [-0.2, 0) is 11.2 Å². The number of aryl methyl sites for hydroxylation is 2. The smallest absolute Gasteiger partial charge is 0.303 e. The van der Waals surface area contributed by atoms with Crippen molar-refractivity contribution in [1.29, 1.82) is 0 Å². The number of carboxylic acids is 1. The number of aromatic nitrogens is 2. The van der Waals surface area contributed by atoms with Gasteiger partial charge in [-0.05, 0) is 37.5 Å². The average molecular weight is 278 g/mol. The topological polar surface area (TPSA) is 76.2 Å². The monoisotopic (exact) mass is 278 g/mol. The third-order valence-electron chi connectivity index (χ3n) is 2.92. The molecule has 5 nitrogen and oxygen atoms in total. The second kappa shape index (κ2) is 6.27. The summed E-state index contributed by atoms with van der Waals surface area (Å²) in [6, 6.07) is 4.73. The van der Waals surface area contributed by atoms with Crippen molar-refractivity contribution in [3.8, 4) is 11.5 Å². The van der Waals surface area contributed by atoms with E-state index in [-0.39, 0.29) is 18.1 Å². The molecule has 0 amide bonds. The van der Waals surface area contributed by atoms with E-state index in [1.165, 1.54) is 6.07 Å². The lowest BCUT2D eigenvalue weighted by atomic mass is 10.1. The zero-order valence-electron chi connectivity index (χ0n) is 11.1. The van der Waals surface area contributed by atoms with E-state index < -0.39 is 5.97 Å². The standard InChI is InChI=1S/C14H15FN2O3/c1-9-6-7-10(8-11(9)15)14-17-16-12(20-14)4-2-3-5-13(18)19/h6-8H,2-5H2,1H3,(H,18,19). The van der Waals surface area contributed by atoms with E-state index in [2.05, 4.69) is 10.2 Å². The lowest BCUT2D eigenvalue weighted by Gasteiger charge is -1.98. The van der Waals surface area contributed by atoms with Crippen LogP contribution >= 0.6 is 0 Å². The number of nitrogens with zero attached hydrogens (tertiary/aromatic N) is 2. The summed E-state index contributed by atoms with van der Waals surface area (Å²) in [4.78, 5) is 10.4. The molecule has 0 atom stereocenters. The van der Waals surface area contributed by atoms with Crippen LogP contribution in [0, 0.1) is 12.7 Å². The minimum absolute atomic E-state index is 0.129. The van der Waals surface area contributed by atoms with Gasteiger partial charge in [0.25, 0.3) is 0 Å². The van der Waals surface area contributed by atoms with Gasteiger partial charge >= 0.3 is 5.97 Å². The largest absolute Gasteiger partial charge is 0.481 e. The average Bonchev–Trinajstić information content (AvgIpc) is 2.86. The molecule has 106 valence electrons. The lowest BCUT2D eigenvalue weighted by Crippen LogP contribution is -1.95. The number of rotatable bonds is 6. The molecule has 0 aliphatic carbocycles. The fourth-order valence-electron chi connectivity index (χ4n) is 1.75. The quantitative estimate of drug-likeness (QED) is 0.822. The van der Waals surface area contributed by atoms with E-state index >= 15 is 0 Å². The van der Waals surface area contributed by atoms with E-state index in [0.717, 1.165) is 0 Å². The Morgan fingerprint density at radius 2 is 2.15 bits per heavy atom. The predicted octanol–water partition coefficient (Wildman–Crippen LogP) is 2.98. The normalized spacial score (nSPS) is 10.7. The van der Waals surface area contributed by atoms with Crippen molar-refractivity contribution in [3.05, 3.63) is 35.5 Å². The maximum absolute atomic E-state index is 13.5. The highest BCUT2D eigenvalue weighted by Gasteiger charge is 2.10. The summed E-state index contributed by atoms with van der Waals surface area (Å²) < 4.78 is 18.9. The Balaban J connectivity index is 1.97. The van der Waals surface area contributed by atoms with Gasteiger partial charge in [0.2, 0.25) is 11.8 Å². The van der Waals surface area contributed by atoms with Crippen LogP contribution in [0.3, 0.4) is 0 Å². The first kappa shape index (κ1) is 14.2. The zero-order valence-corrected chi connectivity index (χ0v) is 11.1. The first-order valence-corrected chi connectivity index (χ1v) is 6.37. The second-order valence-corrected chi connectivity index (χ2v) is 4.57. The van der Waals surface area contributed by atoms with Crippen molar-refractivity contribution >= 4 is 5.97 Å². The Bertz CT molecular complexity index is 610. The molecule has 1 aromatic carbocycles. The summed E-state index contributed by atoms with van der Waals surface area (Å²) >= 11 is 0. The van der Waals surface area contributed by atoms with Gasteiger partial charge in [-0.25, -0.2) is 4.39 Å². The maximum atomic E-state index is 13.5. The van der Waals surface area contributed by atoms with Crippen LogP contribution < -0.4 is 0 Å². The first-order valence-electron chi connectivity index (χ1n) is 6.37. The molecule has 0 aliphatic heterocycles. The Kier molecular flexibility index (Phi) is 4.45. The number of hydrogen-bond acceptors (Lipinski definition) is 4.